The third kappa shape index (κ3) is 4.69. The van der Waals surface area contributed by atoms with E-state index in [0.29, 0.717) is 23.7 Å². The molecule has 0 aliphatic carbocycles. The van der Waals surface area contributed by atoms with Gasteiger partial charge in [0, 0.05) is 24.5 Å². The van der Waals surface area contributed by atoms with Gasteiger partial charge in [0.2, 0.25) is 0 Å². The van der Waals surface area contributed by atoms with Crippen LogP contribution in [0.5, 0.6) is 11.5 Å². The van der Waals surface area contributed by atoms with E-state index in [1.807, 2.05) is 0 Å². The van der Waals surface area contributed by atoms with E-state index in [1.54, 1.807) is 12.1 Å². The Balaban J connectivity index is 1.38. The lowest BCUT2D eigenvalue weighted by atomic mass is 10.1. The van der Waals surface area contributed by atoms with E-state index < -0.39 is 18.1 Å². The number of alkyl halides is 2. The molecular weight excluding hydrogens is 432 g/mol. The predicted molar refractivity (Wildman–Crippen MR) is 108 cm³/mol. The second-order valence-electron chi connectivity index (χ2n) is 6.40. The lowest BCUT2D eigenvalue weighted by molar-refractivity contribution is -0.286. The second kappa shape index (κ2) is 8.14. The number of nitrogens with zero attached hydrogens (tertiary/aromatic N) is 2. The summed E-state index contributed by atoms with van der Waals surface area (Å²) in [5, 5.41) is 5.69. The van der Waals surface area contributed by atoms with Crippen LogP contribution in [0, 0.1) is 0 Å². The molecule has 0 unspecified atom stereocenters. The minimum Gasteiger partial charge on any atom is -0.395 e. The van der Waals surface area contributed by atoms with Crippen molar-refractivity contribution in [3.8, 4) is 11.5 Å². The molecule has 0 fully saturated rings. The van der Waals surface area contributed by atoms with Crippen molar-refractivity contribution in [2.75, 3.05) is 17.2 Å². The molecule has 160 valence electrons. The fraction of sp³-hybridized carbons (Fsp3) is 0.158. The van der Waals surface area contributed by atoms with Crippen molar-refractivity contribution < 1.29 is 27.8 Å². The van der Waals surface area contributed by atoms with Crippen molar-refractivity contribution in [1.82, 2.24) is 9.97 Å². The number of amides is 2. The first-order chi connectivity index (χ1) is 14.8. The summed E-state index contributed by atoms with van der Waals surface area (Å²) in [4.78, 5) is 32.2. The quantitative estimate of drug-likeness (QED) is 0.508. The van der Waals surface area contributed by atoms with Crippen molar-refractivity contribution >= 4 is 34.7 Å². The average molecular weight is 447 g/mol. The number of hydrogen-bond donors (Lipinski definition) is 3. The van der Waals surface area contributed by atoms with Gasteiger partial charge in [-0.15, -0.1) is 20.1 Å². The van der Waals surface area contributed by atoms with Crippen LogP contribution in [0.4, 0.5) is 20.3 Å². The summed E-state index contributed by atoms with van der Waals surface area (Å²) in [5.74, 6) is -0.980. The summed E-state index contributed by atoms with van der Waals surface area (Å²) in [5.41, 5.74) is 8.02. The number of benzene rings is 1. The van der Waals surface area contributed by atoms with Gasteiger partial charge < -0.3 is 25.8 Å². The van der Waals surface area contributed by atoms with E-state index in [-0.39, 0.29) is 22.9 Å². The number of aromatic nitrogens is 2. The van der Waals surface area contributed by atoms with Gasteiger partial charge >= 0.3 is 6.29 Å². The molecule has 4 N–H and O–H groups in total. The second-order valence-corrected chi connectivity index (χ2v) is 7.26. The number of anilines is 2. The average Bonchev–Trinajstić information content (AvgIpc) is 3.30. The van der Waals surface area contributed by atoms with Gasteiger partial charge in [0.25, 0.3) is 11.8 Å². The number of rotatable bonds is 7. The van der Waals surface area contributed by atoms with Gasteiger partial charge in [-0.1, -0.05) is 0 Å². The highest BCUT2D eigenvalue weighted by Crippen LogP contribution is 2.42. The van der Waals surface area contributed by atoms with Crippen LogP contribution in [-0.2, 0) is 6.42 Å². The summed E-state index contributed by atoms with van der Waals surface area (Å²) < 4.78 is 35.0. The maximum Gasteiger partial charge on any atom is 0.586 e. The number of halogens is 2. The van der Waals surface area contributed by atoms with Crippen LogP contribution < -0.4 is 25.8 Å². The van der Waals surface area contributed by atoms with E-state index in [0.717, 1.165) is 16.9 Å². The predicted octanol–water partition coefficient (Wildman–Crippen LogP) is 2.87. The summed E-state index contributed by atoms with van der Waals surface area (Å²) in [6.45, 7) is 0.436. The number of nitrogens with one attached hydrogen (secondary N) is 2. The lowest BCUT2D eigenvalue weighted by Gasteiger charge is -2.08. The van der Waals surface area contributed by atoms with Crippen LogP contribution in [0.1, 0.15) is 25.7 Å². The number of fused-ring (bicyclic) bond motifs is 1. The number of carbonyl (C=O) groups excluding carboxylic acids is 2. The Labute approximate surface area is 178 Å². The highest BCUT2D eigenvalue weighted by Gasteiger charge is 2.43. The number of ether oxygens (including phenoxy) is 2. The van der Waals surface area contributed by atoms with Crippen molar-refractivity contribution in [3.63, 3.8) is 0 Å². The minimum absolute atomic E-state index is 0.112. The number of carbonyl (C=O) groups is 2. The highest BCUT2D eigenvalue weighted by molar-refractivity contribution is 7.12. The van der Waals surface area contributed by atoms with Gasteiger partial charge in [-0.3, -0.25) is 14.6 Å². The molecule has 12 heteroatoms. The van der Waals surface area contributed by atoms with Gasteiger partial charge in [-0.2, -0.15) is 0 Å². The molecule has 4 rings (SSSR count). The first-order valence-corrected chi connectivity index (χ1v) is 9.82. The Morgan fingerprint density at radius 3 is 2.74 bits per heavy atom. The van der Waals surface area contributed by atoms with Gasteiger partial charge in [0.05, 0.1) is 5.51 Å². The number of primary amides is 1. The first-order valence-electron chi connectivity index (χ1n) is 8.94. The summed E-state index contributed by atoms with van der Waals surface area (Å²) in [6, 6.07) is 7.32. The molecule has 3 aromatic rings. The van der Waals surface area contributed by atoms with E-state index in [2.05, 4.69) is 30.1 Å². The van der Waals surface area contributed by atoms with Crippen molar-refractivity contribution in [2.24, 2.45) is 5.73 Å². The number of pyridine rings is 1. The van der Waals surface area contributed by atoms with Crippen LogP contribution in [0.25, 0.3) is 0 Å². The molecule has 0 saturated heterocycles. The normalized spacial score (nSPS) is 13.6. The molecule has 1 aliphatic heterocycles. The standard InChI is InChI=1S/C19H15F2N5O4S/c20-19(21)29-13-2-1-11(8-14(13)30-19)26-18(28)15-17(25-9-31-15)24-6-4-10-3-5-23-12(7-10)16(22)27/h1-3,5,7-9,24H,4,6H2,(H2,22,27)(H,26,28). The Kier molecular flexibility index (Phi) is 5.38. The molecule has 1 aromatic carbocycles. The number of hydrogen-bond acceptors (Lipinski definition) is 8. The SMILES string of the molecule is NC(=O)c1cc(CCNc2ncsc2C(=O)Nc2ccc3c(c2)OC(F)(F)O3)ccn1. The molecule has 0 bridgehead atoms. The largest absolute Gasteiger partial charge is 0.586 e. The van der Waals surface area contributed by atoms with Gasteiger partial charge in [-0.25, -0.2) is 4.98 Å². The molecule has 0 radical (unpaired) electrons. The molecule has 0 atom stereocenters. The van der Waals surface area contributed by atoms with Crippen LogP contribution in [0.15, 0.2) is 42.0 Å². The Bertz CT molecular complexity index is 1150. The van der Waals surface area contributed by atoms with E-state index >= 15 is 0 Å². The zero-order valence-corrected chi connectivity index (χ0v) is 16.5. The smallest absolute Gasteiger partial charge is 0.395 e. The molecule has 1 aliphatic rings. The Hall–Kier alpha value is -3.80. The van der Waals surface area contributed by atoms with Gasteiger partial charge in [0.15, 0.2) is 11.5 Å². The molecular formula is C19H15F2N5O4S. The molecule has 3 heterocycles. The van der Waals surface area contributed by atoms with Crippen molar-refractivity contribution in [3.05, 3.63) is 58.2 Å². The van der Waals surface area contributed by atoms with E-state index in [4.69, 9.17) is 5.73 Å². The number of nitrogens with two attached hydrogens (primary N) is 1. The fourth-order valence-electron chi connectivity index (χ4n) is 2.84. The third-order valence-electron chi connectivity index (χ3n) is 4.22. The van der Waals surface area contributed by atoms with Crippen LogP contribution in [-0.4, -0.2) is 34.6 Å². The molecule has 2 amide bonds. The lowest BCUT2D eigenvalue weighted by Crippen LogP contribution is -2.25. The Morgan fingerprint density at radius 2 is 1.94 bits per heavy atom. The van der Waals surface area contributed by atoms with Crippen LogP contribution >= 0.6 is 11.3 Å². The maximum absolute atomic E-state index is 13.1. The molecule has 9 nitrogen and oxygen atoms in total. The van der Waals surface area contributed by atoms with E-state index in [9.17, 15) is 18.4 Å². The summed E-state index contributed by atoms with van der Waals surface area (Å²) in [6.07, 6.45) is -1.69. The number of thiazole rings is 1. The first kappa shape index (κ1) is 20.5. The minimum atomic E-state index is -3.73. The maximum atomic E-state index is 13.1. The topological polar surface area (TPSA) is 128 Å². The van der Waals surface area contributed by atoms with E-state index in [1.165, 1.54) is 29.9 Å². The third-order valence-corrected chi connectivity index (χ3v) is 5.04. The fourth-order valence-corrected chi connectivity index (χ4v) is 3.50. The highest BCUT2D eigenvalue weighted by atomic mass is 32.1. The molecule has 2 aromatic heterocycles. The summed E-state index contributed by atoms with van der Waals surface area (Å²) in [7, 11) is 0. The van der Waals surface area contributed by atoms with Gasteiger partial charge in [-0.05, 0) is 36.2 Å². The van der Waals surface area contributed by atoms with Gasteiger partial charge in [0.1, 0.15) is 16.4 Å². The van der Waals surface area contributed by atoms with Crippen molar-refractivity contribution in [2.45, 2.75) is 12.7 Å². The molecule has 0 saturated carbocycles. The monoisotopic (exact) mass is 447 g/mol. The Morgan fingerprint density at radius 1 is 1.13 bits per heavy atom. The molecule has 0 spiro atoms. The van der Waals surface area contributed by atoms with Crippen LogP contribution in [0.3, 0.4) is 0 Å². The zero-order valence-electron chi connectivity index (χ0n) is 15.7. The van der Waals surface area contributed by atoms with Crippen molar-refractivity contribution in [1.29, 1.82) is 0 Å². The summed E-state index contributed by atoms with van der Waals surface area (Å²) >= 11 is 1.12. The zero-order chi connectivity index (χ0) is 22.0. The van der Waals surface area contributed by atoms with Crippen LogP contribution in [0.2, 0.25) is 0 Å². The molecule has 31 heavy (non-hydrogen) atoms.